The monoisotopic (exact) mass is 163 g/mol. The molecule has 1 nitrogen and oxygen atoms in total. The quantitative estimate of drug-likeness (QED) is 0.424. The number of benzene rings is 1. The number of rotatable bonds is 0. The fourth-order valence-electron chi connectivity index (χ4n) is 1.58. The van der Waals surface area contributed by atoms with Gasteiger partial charge in [0.25, 0.3) is 0 Å². The summed E-state index contributed by atoms with van der Waals surface area (Å²) < 4.78 is 2.45. The molecule has 3 rings (SSSR count). The Kier molecular flexibility index (Phi) is 1.12. The first-order valence-corrected chi connectivity index (χ1v) is 4.73. The molecule has 56 valence electrons. The van der Waals surface area contributed by atoms with Crippen LogP contribution in [0.25, 0.3) is 0 Å². The Morgan fingerprint density at radius 1 is 1.36 bits per heavy atom. The average molecular weight is 163 g/mol. The summed E-state index contributed by atoms with van der Waals surface area (Å²) >= 11 is 1.92. The second-order valence-corrected chi connectivity index (χ2v) is 4.25. The van der Waals surface area contributed by atoms with Crippen LogP contribution in [0.4, 0.5) is 0 Å². The van der Waals surface area contributed by atoms with Crippen molar-refractivity contribution in [3.8, 4) is 0 Å². The van der Waals surface area contributed by atoms with Crippen molar-refractivity contribution in [2.45, 2.75) is 17.4 Å². The fourth-order valence-corrected chi connectivity index (χ4v) is 2.71. The molecule has 0 bridgehead atoms. The van der Waals surface area contributed by atoms with Gasteiger partial charge in [-0.2, -0.15) is 0 Å². The minimum absolute atomic E-state index is 0.856. The third kappa shape index (κ3) is 0.898. The minimum atomic E-state index is 0.856. The first-order chi connectivity index (χ1) is 5.43. The zero-order valence-electron chi connectivity index (χ0n) is 6.16. The summed E-state index contributed by atoms with van der Waals surface area (Å²) in [5, 5.41) is 0. The van der Waals surface area contributed by atoms with Crippen LogP contribution < -0.4 is 0 Å². The van der Waals surface area contributed by atoms with E-state index in [1.165, 1.54) is 23.4 Å². The van der Waals surface area contributed by atoms with Crippen molar-refractivity contribution in [2.75, 3.05) is 6.54 Å². The van der Waals surface area contributed by atoms with Crippen LogP contribution in [0, 0.1) is 0 Å². The molecule has 2 aliphatic rings. The zero-order chi connectivity index (χ0) is 7.26. The molecule has 2 aliphatic heterocycles. The van der Waals surface area contributed by atoms with Gasteiger partial charge in [-0.15, -0.1) is 0 Å². The first-order valence-electron chi connectivity index (χ1n) is 3.96. The Morgan fingerprint density at radius 2 is 2.27 bits per heavy atom. The molecular formula is C9H9NS. The summed E-state index contributed by atoms with van der Waals surface area (Å²) in [6.45, 7) is 1.29. The Bertz CT molecular complexity index is 268. The van der Waals surface area contributed by atoms with Gasteiger partial charge in [-0.25, -0.2) is 4.31 Å². The normalized spacial score (nSPS) is 32.4. The molecule has 2 atom stereocenters. The van der Waals surface area contributed by atoms with Crippen LogP contribution in [0.2, 0.25) is 0 Å². The van der Waals surface area contributed by atoms with Crippen molar-refractivity contribution in [3.05, 3.63) is 29.8 Å². The Labute approximate surface area is 70.5 Å². The number of hydrogen-bond acceptors (Lipinski definition) is 2. The van der Waals surface area contributed by atoms with Crippen LogP contribution in [0.1, 0.15) is 5.56 Å². The first kappa shape index (κ1) is 6.09. The predicted octanol–water partition coefficient (Wildman–Crippen LogP) is 1.93. The van der Waals surface area contributed by atoms with Gasteiger partial charge in [-0.3, -0.25) is 0 Å². The van der Waals surface area contributed by atoms with Gasteiger partial charge in [0.05, 0.1) is 0 Å². The molecular weight excluding hydrogens is 154 g/mol. The highest BCUT2D eigenvalue weighted by Gasteiger charge is 2.39. The molecule has 0 aliphatic carbocycles. The molecule has 2 heteroatoms. The second-order valence-electron chi connectivity index (χ2n) is 3.16. The van der Waals surface area contributed by atoms with Gasteiger partial charge in [0, 0.05) is 17.5 Å². The maximum atomic E-state index is 2.45. The highest BCUT2D eigenvalue weighted by molar-refractivity contribution is 7.97. The second kappa shape index (κ2) is 2.02. The maximum Gasteiger partial charge on any atom is 0.0384 e. The lowest BCUT2D eigenvalue weighted by Gasteiger charge is -2.13. The number of nitrogens with zero attached hydrogens (tertiary/aromatic N) is 1. The molecule has 0 radical (unpaired) electrons. The van der Waals surface area contributed by atoms with Crippen molar-refractivity contribution in [1.29, 1.82) is 0 Å². The van der Waals surface area contributed by atoms with Crippen LogP contribution in [0.5, 0.6) is 0 Å². The van der Waals surface area contributed by atoms with E-state index < -0.39 is 0 Å². The van der Waals surface area contributed by atoms with Gasteiger partial charge in [-0.1, -0.05) is 18.2 Å². The molecule has 0 saturated carbocycles. The van der Waals surface area contributed by atoms with Crippen molar-refractivity contribution in [3.63, 3.8) is 0 Å². The van der Waals surface area contributed by atoms with E-state index in [0.717, 1.165) is 6.04 Å². The average Bonchev–Trinajstić information content (AvgIpc) is 2.77. The molecule has 0 N–H and O–H groups in total. The van der Waals surface area contributed by atoms with Crippen LogP contribution >= 0.6 is 11.9 Å². The van der Waals surface area contributed by atoms with E-state index in [4.69, 9.17) is 0 Å². The van der Waals surface area contributed by atoms with Gasteiger partial charge in [0.1, 0.15) is 0 Å². The van der Waals surface area contributed by atoms with Crippen molar-refractivity contribution in [1.82, 2.24) is 4.31 Å². The van der Waals surface area contributed by atoms with Crippen LogP contribution in [-0.2, 0) is 6.42 Å². The van der Waals surface area contributed by atoms with Gasteiger partial charge < -0.3 is 0 Å². The summed E-state index contributed by atoms with van der Waals surface area (Å²) in [5.41, 5.74) is 1.54. The third-order valence-electron chi connectivity index (χ3n) is 2.31. The van der Waals surface area contributed by atoms with E-state index in [9.17, 15) is 0 Å². The van der Waals surface area contributed by atoms with Gasteiger partial charge in [-0.05, 0) is 30.0 Å². The van der Waals surface area contributed by atoms with Crippen LogP contribution in [-0.4, -0.2) is 16.9 Å². The van der Waals surface area contributed by atoms with E-state index in [0.29, 0.717) is 0 Å². The smallest absolute Gasteiger partial charge is 0.0384 e. The SMILES string of the molecule is c1ccc2c(c1)CC1CN1S2. The molecule has 2 heterocycles. The van der Waals surface area contributed by atoms with E-state index in [1.807, 2.05) is 11.9 Å². The molecule has 11 heavy (non-hydrogen) atoms. The van der Waals surface area contributed by atoms with E-state index in [1.54, 1.807) is 0 Å². The van der Waals surface area contributed by atoms with Crippen LogP contribution in [0.3, 0.4) is 0 Å². The van der Waals surface area contributed by atoms with Gasteiger partial charge >= 0.3 is 0 Å². The Balaban J connectivity index is 2.07. The third-order valence-corrected chi connectivity index (χ3v) is 3.58. The largest absolute Gasteiger partial charge is 0.240 e. The lowest BCUT2D eigenvalue weighted by atomic mass is 10.1. The molecule has 0 spiro atoms. The molecule has 0 aromatic heterocycles. The standard InChI is InChI=1S/C9H9NS/c1-2-4-9-7(3-1)5-8-6-10(8)11-9/h1-4,8H,5-6H2. The van der Waals surface area contributed by atoms with Gasteiger partial charge in [0.2, 0.25) is 0 Å². The topological polar surface area (TPSA) is 3.01 Å². The summed E-state index contributed by atoms with van der Waals surface area (Å²) in [6, 6.07) is 9.58. The van der Waals surface area contributed by atoms with E-state index in [2.05, 4.69) is 28.6 Å². The zero-order valence-corrected chi connectivity index (χ0v) is 6.97. The number of fused-ring (bicyclic) bond motifs is 2. The lowest BCUT2D eigenvalue weighted by molar-refractivity contribution is 0.752. The van der Waals surface area contributed by atoms with E-state index in [-0.39, 0.29) is 0 Å². The maximum absolute atomic E-state index is 2.45. The summed E-state index contributed by atoms with van der Waals surface area (Å²) in [6.07, 6.45) is 1.27. The molecule has 1 fully saturated rings. The van der Waals surface area contributed by atoms with E-state index >= 15 is 0 Å². The van der Waals surface area contributed by atoms with Crippen molar-refractivity contribution >= 4 is 11.9 Å². The fraction of sp³-hybridized carbons (Fsp3) is 0.333. The minimum Gasteiger partial charge on any atom is -0.240 e. The summed E-state index contributed by atoms with van der Waals surface area (Å²) in [7, 11) is 0. The van der Waals surface area contributed by atoms with Crippen LogP contribution in [0.15, 0.2) is 29.2 Å². The highest BCUT2D eigenvalue weighted by atomic mass is 32.2. The molecule has 1 aromatic carbocycles. The van der Waals surface area contributed by atoms with Gasteiger partial charge in [0.15, 0.2) is 0 Å². The number of hydrogen-bond donors (Lipinski definition) is 0. The van der Waals surface area contributed by atoms with Crippen molar-refractivity contribution < 1.29 is 0 Å². The predicted molar refractivity (Wildman–Crippen MR) is 46.5 cm³/mol. The lowest BCUT2D eigenvalue weighted by Crippen LogP contribution is -2.05. The Morgan fingerprint density at radius 3 is 3.27 bits per heavy atom. The van der Waals surface area contributed by atoms with Crippen molar-refractivity contribution in [2.24, 2.45) is 0 Å². The molecule has 2 unspecified atom stereocenters. The highest BCUT2D eigenvalue weighted by Crippen LogP contribution is 2.42. The molecule has 1 saturated heterocycles. The summed E-state index contributed by atoms with van der Waals surface area (Å²) in [5.74, 6) is 0. The molecule has 1 aromatic rings. The molecule has 0 amide bonds. The Hall–Kier alpha value is -0.470. The summed E-state index contributed by atoms with van der Waals surface area (Å²) in [4.78, 5) is 1.46.